The first-order valence-electron chi connectivity index (χ1n) is 9.96. The Morgan fingerprint density at radius 2 is 2.00 bits per heavy atom. The van der Waals surface area contributed by atoms with Gasteiger partial charge in [0.05, 0.1) is 21.9 Å². The van der Waals surface area contributed by atoms with Crippen LogP contribution in [0.4, 0.5) is 5.69 Å². The zero-order valence-electron chi connectivity index (χ0n) is 17.2. The highest BCUT2D eigenvalue weighted by molar-refractivity contribution is 7.88. The molecule has 1 amide bonds. The maximum absolute atomic E-state index is 13.0. The van der Waals surface area contributed by atoms with Crippen LogP contribution < -0.4 is 10.2 Å². The number of piperidine rings is 1. The molecule has 0 radical (unpaired) electrons. The van der Waals surface area contributed by atoms with Crippen molar-refractivity contribution in [2.45, 2.75) is 18.6 Å². The number of amides is 1. The minimum atomic E-state index is -3.65. The summed E-state index contributed by atoms with van der Waals surface area (Å²) < 4.78 is 29.6. The number of hydrogen-bond donors (Lipinski definition) is 1. The van der Waals surface area contributed by atoms with Crippen molar-refractivity contribution in [1.29, 1.82) is 0 Å². The number of aryl methyl sites for hydroxylation is 1. The topological polar surface area (TPSA) is 88.5 Å². The first-order chi connectivity index (χ1) is 15.1. The number of sulfonamides is 1. The molecule has 0 spiro atoms. The van der Waals surface area contributed by atoms with Crippen molar-refractivity contribution >= 4 is 66.4 Å². The van der Waals surface area contributed by atoms with Gasteiger partial charge in [0.2, 0.25) is 15.9 Å². The molecular formula is C21H21Cl2N3O4S2. The second-order valence-electron chi connectivity index (χ2n) is 7.79. The molecule has 1 atom stereocenters. The van der Waals surface area contributed by atoms with Crippen LogP contribution in [-0.2, 0) is 27.6 Å². The van der Waals surface area contributed by atoms with Gasteiger partial charge in [-0.1, -0.05) is 40.6 Å². The first kappa shape index (κ1) is 23.3. The number of hydrogen-bond acceptors (Lipinski definition) is 5. The van der Waals surface area contributed by atoms with E-state index in [2.05, 4.69) is 5.32 Å². The van der Waals surface area contributed by atoms with Gasteiger partial charge in [-0.15, -0.1) is 0 Å². The number of carbonyl (C=O) groups is 1. The number of thiazole rings is 1. The fourth-order valence-corrected chi connectivity index (χ4v) is 6.91. The van der Waals surface area contributed by atoms with Crippen LogP contribution in [0.15, 0.2) is 41.2 Å². The van der Waals surface area contributed by atoms with Gasteiger partial charge in [0.1, 0.15) is 0 Å². The fraction of sp³-hybridized carbons (Fsp3) is 0.333. The largest absolute Gasteiger partial charge is 0.326 e. The number of benzene rings is 2. The summed E-state index contributed by atoms with van der Waals surface area (Å²) in [6, 6.07) is 10.0. The minimum absolute atomic E-state index is 0.0719. The van der Waals surface area contributed by atoms with E-state index in [9.17, 15) is 18.0 Å². The second kappa shape index (κ2) is 9.15. The minimum Gasteiger partial charge on any atom is -0.326 e. The van der Waals surface area contributed by atoms with Crippen molar-refractivity contribution in [3.63, 3.8) is 0 Å². The second-order valence-corrected chi connectivity index (χ2v) is 11.6. The molecule has 1 aliphatic rings. The lowest BCUT2D eigenvalue weighted by molar-refractivity contribution is -0.120. The highest BCUT2D eigenvalue weighted by atomic mass is 35.5. The van der Waals surface area contributed by atoms with Crippen LogP contribution in [0.25, 0.3) is 10.2 Å². The molecule has 1 fully saturated rings. The Balaban J connectivity index is 1.46. The third kappa shape index (κ3) is 4.87. The highest BCUT2D eigenvalue weighted by Crippen LogP contribution is 2.27. The molecule has 1 N–H and O–H groups in total. The zero-order valence-corrected chi connectivity index (χ0v) is 20.3. The summed E-state index contributed by atoms with van der Waals surface area (Å²) in [4.78, 5) is 24.6. The van der Waals surface area contributed by atoms with Crippen LogP contribution in [0.1, 0.15) is 18.4 Å². The van der Waals surface area contributed by atoms with Crippen LogP contribution in [-0.4, -0.2) is 36.3 Å². The van der Waals surface area contributed by atoms with Crippen LogP contribution in [0.5, 0.6) is 0 Å². The summed E-state index contributed by atoms with van der Waals surface area (Å²) in [6.07, 6.45) is 1.19. The number of rotatable bonds is 5. The maximum Gasteiger partial charge on any atom is 0.307 e. The number of nitrogens with zero attached hydrogens (tertiary/aromatic N) is 2. The molecule has 1 aliphatic heterocycles. The molecule has 170 valence electrons. The molecular weight excluding hydrogens is 493 g/mol. The van der Waals surface area contributed by atoms with Crippen molar-refractivity contribution < 1.29 is 13.2 Å². The van der Waals surface area contributed by atoms with Gasteiger partial charge in [-0.3, -0.25) is 9.59 Å². The zero-order chi connectivity index (χ0) is 23.0. The molecule has 1 aromatic heterocycles. The van der Waals surface area contributed by atoms with E-state index in [4.69, 9.17) is 23.2 Å². The molecule has 2 aromatic carbocycles. The number of nitrogens with one attached hydrogen (secondary N) is 1. The van der Waals surface area contributed by atoms with Gasteiger partial charge in [-0.2, -0.15) is 0 Å². The average molecular weight is 514 g/mol. The van der Waals surface area contributed by atoms with Gasteiger partial charge in [0.25, 0.3) is 0 Å². The lowest BCUT2D eigenvalue weighted by Gasteiger charge is -2.31. The predicted octanol–water partition coefficient (Wildman–Crippen LogP) is 4.09. The molecule has 3 aromatic rings. The van der Waals surface area contributed by atoms with Gasteiger partial charge < -0.3 is 9.88 Å². The van der Waals surface area contributed by atoms with E-state index in [0.717, 1.165) is 21.6 Å². The number of fused-ring (bicyclic) bond motifs is 1. The normalized spacial score (nSPS) is 17.5. The van der Waals surface area contributed by atoms with Gasteiger partial charge in [0, 0.05) is 35.9 Å². The smallest absolute Gasteiger partial charge is 0.307 e. The Labute approximate surface area is 199 Å². The van der Waals surface area contributed by atoms with E-state index >= 15 is 0 Å². The number of carbonyl (C=O) groups excluding carboxylic acids is 1. The fourth-order valence-electron chi connectivity index (χ4n) is 3.79. The first-order valence-corrected chi connectivity index (χ1v) is 13.1. The number of anilines is 1. The lowest BCUT2D eigenvalue weighted by atomic mass is 9.98. The predicted molar refractivity (Wildman–Crippen MR) is 129 cm³/mol. The standard InChI is InChI=1S/C21H21Cl2N3O4S2/c1-25-18-7-6-16(10-19(18)31-21(25)28)24-20(27)13-3-2-8-26(11-13)32(29,30)12-14-4-5-15(22)9-17(14)23/h4-7,9-10,13H,2-3,8,11-12H2,1H3,(H,24,27). The number of aromatic nitrogens is 1. The van der Waals surface area contributed by atoms with Crippen molar-refractivity contribution in [2.24, 2.45) is 13.0 Å². The third-order valence-electron chi connectivity index (χ3n) is 5.56. The van der Waals surface area contributed by atoms with Crippen LogP contribution in [0, 0.1) is 5.92 Å². The van der Waals surface area contributed by atoms with Crippen LogP contribution in [0.2, 0.25) is 10.0 Å². The van der Waals surface area contributed by atoms with Gasteiger partial charge in [-0.05, 0) is 48.7 Å². The summed E-state index contributed by atoms with van der Waals surface area (Å²) in [5.74, 6) is -0.956. The molecule has 32 heavy (non-hydrogen) atoms. The van der Waals surface area contributed by atoms with Gasteiger partial charge in [0.15, 0.2) is 0 Å². The van der Waals surface area contributed by atoms with Crippen molar-refractivity contribution in [1.82, 2.24) is 8.87 Å². The van der Waals surface area contributed by atoms with E-state index in [-0.39, 0.29) is 23.1 Å². The molecule has 0 aliphatic carbocycles. The van der Waals surface area contributed by atoms with Crippen molar-refractivity contribution in [2.75, 3.05) is 18.4 Å². The van der Waals surface area contributed by atoms with Crippen molar-refractivity contribution in [3.05, 3.63) is 61.7 Å². The van der Waals surface area contributed by atoms with E-state index in [1.807, 2.05) is 0 Å². The molecule has 1 unspecified atom stereocenters. The van der Waals surface area contributed by atoms with Crippen LogP contribution in [0.3, 0.4) is 0 Å². The monoisotopic (exact) mass is 513 g/mol. The number of halogens is 2. The lowest BCUT2D eigenvalue weighted by Crippen LogP contribution is -2.44. The summed E-state index contributed by atoms with van der Waals surface area (Å²) >= 11 is 13.2. The Hall–Kier alpha value is -1.91. The SMILES string of the molecule is Cn1c(=O)sc2cc(NC(=O)C3CCCN(S(=O)(=O)Cc4ccc(Cl)cc4Cl)C3)ccc21. The van der Waals surface area contributed by atoms with Gasteiger partial charge >= 0.3 is 4.87 Å². The van der Waals surface area contributed by atoms with Gasteiger partial charge in [-0.25, -0.2) is 12.7 Å². The summed E-state index contributed by atoms with van der Waals surface area (Å²) in [6.45, 7) is 0.474. The van der Waals surface area contributed by atoms with E-state index in [1.54, 1.807) is 41.9 Å². The van der Waals surface area contributed by atoms with E-state index in [0.29, 0.717) is 40.7 Å². The average Bonchev–Trinajstić information content (AvgIpc) is 3.03. The molecule has 0 bridgehead atoms. The molecule has 11 heteroatoms. The summed E-state index contributed by atoms with van der Waals surface area (Å²) in [5, 5.41) is 3.60. The Bertz CT molecular complexity index is 1350. The Morgan fingerprint density at radius 3 is 2.75 bits per heavy atom. The molecule has 2 heterocycles. The Kier molecular flexibility index (Phi) is 6.65. The summed E-state index contributed by atoms with van der Waals surface area (Å²) in [7, 11) is -1.95. The van der Waals surface area contributed by atoms with E-state index < -0.39 is 15.9 Å². The highest BCUT2D eigenvalue weighted by Gasteiger charge is 2.32. The Morgan fingerprint density at radius 1 is 1.22 bits per heavy atom. The van der Waals surface area contributed by atoms with E-state index in [1.165, 1.54) is 10.4 Å². The summed E-state index contributed by atoms with van der Waals surface area (Å²) in [5.41, 5.74) is 1.85. The van der Waals surface area contributed by atoms with Crippen molar-refractivity contribution in [3.8, 4) is 0 Å². The maximum atomic E-state index is 13.0. The molecule has 4 rings (SSSR count). The molecule has 7 nitrogen and oxygen atoms in total. The quantitative estimate of drug-likeness (QED) is 0.556. The van der Waals surface area contributed by atoms with Crippen LogP contribution >= 0.6 is 34.5 Å². The molecule has 1 saturated heterocycles. The molecule has 0 saturated carbocycles. The third-order valence-corrected chi connectivity index (χ3v) is 8.94.